The summed E-state index contributed by atoms with van der Waals surface area (Å²) in [5.41, 5.74) is 0.551. The average Bonchev–Trinajstić information content (AvgIpc) is 2.57. The summed E-state index contributed by atoms with van der Waals surface area (Å²) in [6.07, 6.45) is 1.23. The predicted molar refractivity (Wildman–Crippen MR) is 99.1 cm³/mol. The summed E-state index contributed by atoms with van der Waals surface area (Å²) < 4.78 is 5.44. The standard InChI is InChI=1S/C18H25BrN2O4/c1-12(2)11-15(18(24)25-3)21-16(22)9-6-10-20-17(23)13-7-4-5-8-14(13)19/h4-5,7-8,12,15H,6,9-11H2,1-3H3,(H,20,23)(H,21,22). The van der Waals surface area contributed by atoms with Crippen molar-refractivity contribution in [3.63, 3.8) is 0 Å². The van der Waals surface area contributed by atoms with Crippen molar-refractivity contribution >= 4 is 33.7 Å². The number of benzene rings is 1. The van der Waals surface area contributed by atoms with Gasteiger partial charge in [0.1, 0.15) is 6.04 Å². The van der Waals surface area contributed by atoms with Gasteiger partial charge in [0.2, 0.25) is 5.91 Å². The summed E-state index contributed by atoms with van der Waals surface area (Å²) >= 11 is 3.33. The topological polar surface area (TPSA) is 84.5 Å². The quantitative estimate of drug-likeness (QED) is 0.482. The zero-order valence-electron chi connectivity index (χ0n) is 14.8. The Labute approximate surface area is 156 Å². The Kier molecular flexibility index (Phi) is 9.20. The highest BCUT2D eigenvalue weighted by Crippen LogP contribution is 2.15. The highest BCUT2D eigenvalue weighted by molar-refractivity contribution is 9.10. The maximum absolute atomic E-state index is 12.0. The van der Waals surface area contributed by atoms with Gasteiger partial charge in [-0.2, -0.15) is 0 Å². The van der Waals surface area contributed by atoms with Gasteiger partial charge in [-0.1, -0.05) is 26.0 Å². The molecule has 0 bridgehead atoms. The number of carbonyl (C=O) groups is 3. The van der Waals surface area contributed by atoms with Gasteiger partial charge < -0.3 is 15.4 Å². The smallest absolute Gasteiger partial charge is 0.328 e. The molecule has 25 heavy (non-hydrogen) atoms. The number of esters is 1. The zero-order valence-corrected chi connectivity index (χ0v) is 16.4. The van der Waals surface area contributed by atoms with E-state index in [1.807, 2.05) is 19.9 Å². The van der Waals surface area contributed by atoms with Crippen molar-refractivity contribution < 1.29 is 19.1 Å². The molecule has 6 nitrogen and oxygen atoms in total. The minimum absolute atomic E-state index is 0.194. The van der Waals surface area contributed by atoms with Crippen LogP contribution in [0, 0.1) is 5.92 Å². The second-order valence-corrected chi connectivity index (χ2v) is 6.97. The Morgan fingerprint density at radius 3 is 2.48 bits per heavy atom. The lowest BCUT2D eigenvalue weighted by Gasteiger charge is -2.18. The Morgan fingerprint density at radius 2 is 1.88 bits per heavy atom. The van der Waals surface area contributed by atoms with Crippen molar-refractivity contribution in [2.45, 2.75) is 39.2 Å². The van der Waals surface area contributed by atoms with Gasteiger partial charge in [0.25, 0.3) is 5.91 Å². The van der Waals surface area contributed by atoms with Crippen LogP contribution in [0.25, 0.3) is 0 Å². The van der Waals surface area contributed by atoms with E-state index in [-0.39, 0.29) is 24.2 Å². The van der Waals surface area contributed by atoms with E-state index in [1.54, 1.807) is 18.2 Å². The highest BCUT2D eigenvalue weighted by atomic mass is 79.9. The van der Waals surface area contributed by atoms with Crippen LogP contribution >= 0.6 is 15.9 Å². The SMILES string of the molecule is COC(=O)C(CC(C)C)NC(=O)CCCNC(=O)c1ccccc1Br. The number of hydrogen-bond donors (Lipinski definition) is 2. The molecule has 1 atom stereocenters. The third kappa shape index (κ3) is 7.69. The van der Waals surface area contributed by atoms with Gasteiger partial charge in [-0.3, -0.25) is 9.59 Å². The van der Waals surface area contributed by atoms with Crippen LogP contribution in [0.2, 0.25) is 0 Å². The van der Waals surface area contributed by atoms with Crippen LogP contribution in [0.4, 0.5) is 0 Å². The molecule has 0 aliphatic rings. The molecule has 1 aromatic carbocycles. The van der Waals surface area contributed by atoms with E-state index in [9.17, 15) is 14.4 Å². The number of methoxy groups -OCH3 is 1. The summed E-state index contributed by atoms with van der Waals surface area (Å²) in [7, 11) is 1.30. The minimum Gasteiger partial charge on any atom is -0.467 e. The molecule has 1 rings (SSSR count). The summed E-state index contributed by atoms with van der Waals surface area (Å²) in [5, 5.41) is 5.47. The molecule has 0 radical (unpaired) electrons. The maximum atomic E-state index is 12.0. The lowest BCUT2D eigenvalue weighted by molar-refractivity contribution is -0.145. The number of halogens is 1. The Morgan fingerprint density at radius 1 is 1.20 bits per heavy atom. The van der Waals surface area contributed by atoms with Gasteiger partial charge in [0, 0.05) is 17.4 Å². The van der Waals surface area contributed by atoms with Crippen LogP contribution in [0.15, 0.2) is 28.7 Å². The van der Waals surface area contributed by atoms with Gasteiger partial charge in [-0.25, -0.2) is 4.79 Å². The van der Waals surface area contributed by atoms with E-state index in [1.165, 1.54) is 7.11 Å². The number of carbonyl (C=O) groups excluding carboxylic acids is 3. The lowest BCUT2D eigenvalue weighted by atomic mass is 10.0. The van der Waals surface area contributed by atoms with E-state index in [0.717, 1.165) is 4.47 Å². The Hall–Kier alpha value is -1.89. The molecule has 0 aliphatic heterocycles. The van der Waals surface area contributed by atoms with Gasteiger partial charge in [-0.05, 0) is 46.8 Å². The normalized spacial score (nSPS) is 11.7. The number of rotatable bonds is 9. The van der Waals surface area contributed by atoms with Gasteiger partial charge >= 0.3 is 5.97 Å². The monoisotopic (exact) mass is 412 g/mol. The second-order valence-electron chi connectivity index (χ2n) is 6.11. The summed E-state index contributed by atoms with van der Waals surface area (Å²) in [6, 6.07) is 6.50. The molecule has 2 amide bonds. The van der Waals surface area contributed by atoms with Crippen LogP contribution in [-0.2, 0) is 14.3 Å². The number of hydrogen-bond acceptors (Lipinski definition) is 4. The molecule has 0 spiro atoms. The molecule has 2 N–H and O–H groups in total. The largest absolute Gasteiger partial charge is 0.467 e. The molecule has 138 valence electrons. The summed E-state index contributed by atoms with van der Waals surface area (Å²) in [6.45, 7) is 4.32. The fourth-order valence-electron chi connectivity index (χ4n) is 2.29. The molecule has 0 aromatic heterocycles. The Bertz CT molecular complexity index is 604. The minimum atomic E-state index is -0.632. The summed E-state index contributed by atoms with van der Waals surface area (Å²) in [5.74, 6) is -0.608. The zero-order chi connectivity index (χ0) is 18.8. The van der Waals surface area contributed by atoms with Crippen molar-refractivity contribution in [1.82, 2.24) is 10.6 Å². The van der Waals surface area contributed by atoms with Crippen molar-refractivity contribution in [2.24, 2.45) is 5.92 Å². The van der Waals surface area contributed by atoms with Gasteiger partial charge in [0.15, 0.2) is 0 Å². The number of amides is 2. The third-order valence-electron chi connectivity index (χ3n) is 3.51. The van der Waals surface area contributed by atoms with Crippen LogP contribution in [0.5, 0.6) is 0 Å². The van der Waals surface area contributed by atoms with E-state index in [0.29, 0.717) is 24.9 Å². The molecule has 0 saturated carbocycles. The van der Waals surface area contributed by atoms with Crippen LogP contribution < -0.4 is 10.6 Å². The average molecular weight is 413 g/mol. The molecule has 0 aliphatic carbocycles. The van der Waals surface area contributed by atoms with Crippen molar-refractivity contribution in [2.75, 3.05) is 13.7 Å². The molecule has 1 unspecified atom stereocenters. The Balaban J connectivity index is 2.37. The molecule has 0 heterocycles. The fraction of sp³-hybridized carbons (Fsp3) is 0.500. The van der Waals surface area contributed by atoms with Crippen LogP contribution in [0.3, 0.4) is 0 Å². The van der Waals surface area contributed by atoms with Gasteiger partial charge in [0.05, 0.1) is 12.7 Å². The molecule has 7 heteroatoms. The first-order valence-corrected chi connectivity index (χ1v) is 9.04. The molecule has 0 saturated heterocycles. The summed E-state index contributed by atoms with van der Waals surface area (Å²) in [4.78, 5) is 35.7. The molecule has 0 fully saturated rings. The first-order chi connectivity index (χ1) is 11.8. The number of ether oxygens (including phenoxy) is 1. The third-order valence-corrected chi connectivity index (χ3v) is 4.20. The maximum Gasteiger partial charge on any atom is 0.328 e. The predicted octanol–water partition coefficient (Wildman–Crippen LogP) is 2.66. The van der Waals surface area contributed by atoms with Crippen LogP contribution in [-0.4, -0.2) is 37.5 Å². The van der Waals surface area contributed by atoms with Crippen LogP contribution in [0.1, 0.15) is 43.5 Å². The second kappa shape index (κ2) is 10.9. The van der Waals surface area contributed by atoms with E-state index < -0.39 is 12.0 Å². The van der Waals surface area contributed by atoms with E-state index >= 15 is 0 Å². The van der Waals surface area contributed by atoms with Crippen molar-refractivity contribution in [1.29, 1.82) is 0 Å². The van der Waals surface area contributed by atoms with Gasteiger partial charge in [-0.15, -0.1) is 0 Å². The lowest BCUT2D eigenvalue weighted by Crippen LogP contribution is -2.42. The van der Waals surface area contributed by atoms with E-state index in [2.05, 4.69) is 26.6 Å². The first-order valence-electron chi connectivity index (χ1n) is 8.25. The van der Waals surface area contributed by atoms with Crippen molar-refractivity contribution in [3.8, 4) is 0 Å². The molecule has 1 aromatic rings. The molecular formula is C18H25BrN2O4. The molecular weight excluding hydrogens is 388 g/mol. The first kappa shape index (κ1) is 21.2. The van der Waals surface area contributed by atoms with Crippen molar-refractivity contribution in [3.05, 3.63) is 34.3 Å². The van der Waals surface area contributed by atoms with E-state index in [4.69, 9.17) is 4.74 Å². The highest BCUT2D eigenvalue weighted by Gasteiger charge is 2.22. The number of nitrogens with one attached hydrogen (secondary N) is 2. The fourth-order valence-corrected chi connectivity index (χ4v) is 2.75.